The molecule has 1 atom stereocenters. The van der Waals surface area contributed by atoms with E-state index >= 15 is 0 Å². The van der Waals surface area contributed by atoms with Crippen LogP contribution in [0, 0.1) is 0 Å². The van der Waals surface area contributed by atoms with Gasteiger partial charge in [-0.2, -0.15) is 0 Å². The van der Waals surface area contributed by atoms with E-state index < -0.39 is 0 Å². The predicted molar refractivity (Wildman–Crippen MR) is 85.6 cm³/mol. The van der Waals surface area contributed by atoms with Crippen molar-refractivity contribution in [2.24, 2.45) is 0 Å². The third kappa shape index (κ3) is 4.47. The van der Waals surface area contributed by atoms with Crippen LogP contribution in [-0.2, 0) is 6.54 Å². The molecule has 0 radical (unpaired) electrons. The molecule has 0 fully saturated rings. The Balaban J connectivity index is 1.87. The van der Waals surface area contributed by atoms with E-state index in [9.17, 15) is 0 Å². The minimum Gasteiger partial charge on any atom is -0.468 e. The molecule has 1 aromatic carbocycles. The van der Waals surface area contributed by atoms with Gasteiger partial charge in [-0.1, -0.05) is 28.1 Å². The summed E-state index contributed by atoms with van der Waals surface area (Å²) in [5.41, 5.74) is 1.31. The van der Waals surface area contributed by atoms with Gasteiger partial charge >= 0.3 is 0 Å². The summed E-state index contributed by atoms with van der Waals surface area (Å²) in [5.74, 6) is 1.01. The third-order valence-corrected chi connectivity index (χ3v) is 3.90. The Morgan fingerprint density at radius 3 is 2.80 bits per heavy atom. The van der Waals surface area contributed by atoms with Crippen LogP contribution in [0.3, 0.4) is 0 Å². The Labute approximate surface area is 129 Å². The van der Waals surface area contributed by atoms with Gasteiger partial charge in [0.05, 0.1) is 12.8 Å². The molecule has 4 heteroatoms. The zero-order chi connectivity index (χ0) is 14.4. The first-order valence-electron chi connectivity index (χ1n) is 6.82. The van der Waals surface area contributed by atoms with E-state index in [0.29, 0.717) is 6.04 Å². The van der Waals surface area contributed by atoms with Crippen LogP contribution in [0.15, 0.2) is 51.6 Å². The molecule has 0 saturated carbocycles. The molecule has 108 valence electrons. The van der Waals surface area contributed by atoms with Gasteiger partial charge < -0.3 is 9.73 Å². The molecular weight excluding hydrogens is 316 g/mol. The Morgan fingerprint density at radius 1 is 1.30 bits per heavy atom. The van der Waals surface area contributed by atoms with Crippen LogP contribution in [0.4, 0.5) is 0 Å². The number of rotatable bonds is 7. The maximum atomic E-state index is 5.37. The van der Waals surface area contributed by atoms with Crippen LogP contribution in [0.5, 0.6) is 0 Å². The van der Waals surface area contributed by atoms with Crippen molar-refractivity contribution in [3.05, 3.63) is 58.5 Å². The van der Waals surface area contributed by atoms with Gasteiger partial charge in [-0.25, -0.2) is 0 Å². The molecule has 3 nitrogen and oxygen atoms in total. The van der Waals surface area contributed by atoms with E-state index in [-0.39, 0.29) is 0 Å². The molecule has 0 spiro atoms. The number of halogens is 1. The van der Waals surface area contributed by atoms with Crippen LogP contribution in [0.2, 0.25) is 0 Å². The molecule has 1 N–H and O–H groups in total. The summed E-state index contributed by atoms with van der Waals surface area (Å²) < 4.78 is 6.50. The highest BCUT2D eigenvalue weighted by Crippen LogP contribution is 2.21. The Kier molecular flexibility index (Phi) is 5.83. The second kappa shape index (κ2) is 7.62. The molecule has 2 rings (SSSR count). The SMILES string of the molecule is CNC(CCN(C)Cc1ccco1)c1cccc(Br)c1. The largest absolute Gasteiger partial charge is 0.468 e. The molecule has 1 unspecified atom stereocenters. The second-order valence-electron chi connectivity index (χ2n) is 5.00. The van der Waals surface area contributed by atoms with Gasteiger partial charge in [-0.15, -0.1) is 0 Å². The number of nitrogens with zero attached hydrogens (tertiary/aromatic N) is 1. The lowest BCUT2D eigenvalue weighted by molar-refractivity contribution is 0.278. The minimum absolute atomic E-state index is 0.367. The molecule has 0 amide bonds. The lowest BCUT2D eigenvalue weighted by Gasteiger charge is -2.21. The van der Waals surface area contributed by atoms with E-state index in [1.165, 1.54) is 5.56 Å². The number of furan rings is 1. The van der Waals surface area contributed by atoms with Gasteiger partial charge in [-0.3, -0.25) is 4.90 Å². The minimum atomic E-state index is 0.367. The zero-order valence-corrected chi connectivity index (χ0v) is 13.6. The molecule has 0 aliphatic heterocycles. The lowest BCUT2D eigenvalue weighted by atomic mass is 10.0. The van der Waals surface area contributed by atoms with E-state index in [1.54, 1.807) is 6.26 Å². The summed E-state index contributed by atoms with van der Waals surface area (Å²) in [5, 5.41) is 3.39. The van der Waals surface area contributed by atoms with Crippen LogP contribution in [0.25, 0.3) is 0 Å². The number of hydrogen-bond acceptors (Lipinski definition) is 3. The first-order chi connectivity index (χ1) is 9.69. The maximum Gasteiger partial charge on any atom is 0.117 e. The molecule has 1 heterocycles. The van der Waals surface area contributed by atoms with Crippen LogP contribution < -0.4 is 5.32 Å². The first-order valence-corrected chi connectivity index (χ1v) is 7.62. The van der Waals surface area contributed by atoms with Gasteiger partial charge in [-0.05, 0) is 50.3 Å². The smallest absolute Gasteiger partial charge is 0.117 e. The van der Waals surface area contributed by atoms with Gasteiger partial charge in [0.1, 0.15) is 5.76 Å². The van der Waals surface area contributed by atoms with Crippen molar-refractivity contribution in [2.75, 3.05) is 20.6 Å². The molecule has 0 saturated heterocycles. The fourth-order valence-electron chi connectivity index (χ4n) is 2.30. The summed E-state index contributed by atoms with van der Waals surface area (Å²) >= 11 is 3.53. The molecular formula is C16H21BrN2O. The standard InChI is InChI=1S/C16H21BrN2O/c1-18-16(13-5-3-6-14(17)11-13)8-9-19(2)12-15-7-4-10-20-15/h3-7,10-11,16,18H,8-9,12H2,1-2H3. The number of hydrogen-bond donors (Lipinski definition) is 1. The van der Waals surface area contributed by atoms with Gasteiger partial charge in [0.2, 0.25) is 0 Å². The second-order valence-corrected chi connectivity index (χ2v) is 5.92. The predicted octanol–water partition coefficient (Wildman–Crippen LogP) is 3.82. The molecule has 20 heavy (non-hydrogen) atoms. The molecule has 0 aliphatic carbocycles. The zero-order valence-electron chi connectivity index (χ0n) is 12.0. The topological polar surface area (TPSA) is 28.4 Å². The average molecular weight is 337 g/mol. The Hall–Kier alpha value is -1.10. The summed E-state index contributed by atoms with van der Waals surface area (Å²) in [6.45, 7) is 1.86. The van der Waals surface area contributed by atoms with Crippen LogP contribution in [-0.4, -0.2) is 25.5 Å². The quantitative estimate of drug-likeness (QED) is 0.832. The molecule has 0 bridgehead atoms. The van der Waals surface area contributed by atoms with Crippen molar-refractivity contribution in [1.29, 1.82) is 0 Å². The van der Waals surface area contributed by atoms with Crippen molar-refractivity contribution in [1.82, 2.24) is 10.2 Å². The van der Waals surface area contributed by atoms with Gasteiger partial charge in [0.15, 0.2) is 0 Å². The van der Waals surface area contributed by atoms with E-state index in [1.807, 2.05) is 19.2 Å². The number of benzene rings is 1. The molecule has 1 aromatic heterocycles. The third-order valence-electron chi connectivity index (χ3n) is 3.40. The summed E-state index contributed by atoms with van der Waals surface area (Å²) in [7, 11) is 4.13. The average Bonchev–Trinajstić information content (AvgIpc) is 2.92. The lowest BCUT2D eigenvalue weighted by Crippen LogP contribution is -2.25. The van der Waals surface area contributed by atoms with Crippen molar-refractivity contribution >= 4 is 15.9 Å². The highest BCUT2D eigenvalue weighted by atomic mass is 79.9. The van der Waals surface area contributed by atoms with Crippen molar-refractivity contribution < 1.29 is 4.42 Å². The van der Waals surface area contributed by atoms with Crippen LogP contribution in [0.1, 0.15) is 23.8 Å². The summed E-state index contributed by atoms with van der Waals surface area (Å²) in [4.78, 5) is 2.28. The highest BCUT2D eigenvalue weighted by Gasteiger charge is 2.11. The molecule has 2 aromatic rings. The van der Waals surface area contributed by atoms with Crippen molar-refractivity contribution in [2.45, 2.75) is 19.0 Å². The summed E-state index contributed by atoms with van der Waals surface area (Å²) in [6, 6.07) is 12.8. The van der Waals surface area contributed by atoms with E-state index in [0.717, 1.165) is 29.7 Å². The van der Waals surface area contributed by atoms with E-state index in [4.69, 9.17) is 4.42 Å². The fraction of sp³-hybridized carbons (Fsp3) is 0.375. The highest BCUT2D eigenvalue weighted by molar-refractivity contribution is 9.10. The summed E-state index contributed by atoms with van der Waals surface area (Å²) in [6.07, 6.45) is 2.78. The normalized spacial score (nSPS) is 12.8. The van der Waals surface area contributed by atoms with Crippen molar-refractivity contribution in [3.8, 4) is 0 Å². The van der Waals surface area contributed by atoms with E-state index in [2.05, 4.69) is 57.5 Å². The maximum absolute atomic E-state index is 5.37. The van der Waals surface area contributed by atoms with Crippen LogP contribution >= 0.6 is 15.9 Å². The van der Waals surface area contributed by atoms with Gasteiger partial charge in [0, 0.05) is 17.1 Å². The van der Waals surface area contributed by atoms with Gasteiger partial charge in [0.25, 0.3) is 0 Å². The van der Waals surface area contributed by atoms with Crippen molar-refractivity contribution in [3.63, 3.8) is 0 Å². The molecule has 0 aliphatic rings. The fourth-order valence-corrected chi connectivity index (χ4v) is 2.72. The monoisotopic (exact) mass is 336 g/mol. The Bertz CT molecular complexity index is 513. The first kappa shape index (κ1) is 15.3. The number of nitrogens with one attached hydrogen (secondary N) is 1. The Morgan fingerprint density at radius 2 is 2.15 bits per heavy atom.